The number of carboxylic acid groups (broad SMARTS) is 2. The summed E-state index contributed by atoms with van der Waals surface area (Å²) in [5, 5.41) is 21.6. The van der Waals surface area contributed by atoms with Gasteiger partial charge in [0.2, 0.25) is 23.6 Å². The number of rotatable bonds is 11. The third kappa shape index (κ3) is 8.85. The minimum atomic E-state index is -1.71. The summed E-state index contributed by atoms with van der Waals surface area (Å²) in [7, 11) is 0. The van der Waals surface area contributed by atoms with Crippen molar-refractivity contribution in [2.75, 3.05) is 0 Å². The van der Waals surface area contributed by atoms with Crippen LogP contribution in [0.15, 0.2) is 0 Å². The number of carbonyl (C=O) groups is 6. The van der Waals surface area contributed by atoms with Crippen LogP contribution < -0.4 is 27.8 Å². The highest BCUT2D eigenvalue weighted by molar-refractivity contribution is 5.95. The average molecular weight is 361 g/mol. The standard InChI is InChI=1S/C12H19N5O8/c13-4(1-7(14)18)10(22)16-5(3-9(20)21)11(23)17-6(12(24)25)2-8(15)19/h4-6H,1-3,13H2,(H2,14,18)(H2,15,19)(H,16,22)(H,17,23)(H,20,21)(H,24,25). The van der Waals surface area contributed by atoms with Gasteiger partial charge in [0.1, 0.15) is 12.1 Å². The van der Waals surface area contributed by atoms with Gasteiger partial charge in [0, 0.05) is 0 Å². The van der Waals surface area contributed by atoms with Gasteiger partial charge >= 0.3 is 11.9 Å². The lowest BCUT2D eigenvalue weighted by Gasteiger charge is -2.21. The molecule has 0 radical (unpaired) electrons. The van der Waals surface area contributed by atoms with Crippen LogP contribution in [0.1, 0.15) is 19.3 Å². The molecule has 0 aliphatic rings. The third-order valence-corrected chi connectivity index (χ3v) is 2.79. The Labute approximate surface area is 140 Å². The zero-order chi connectivity index (χ0) is 19.7. The van der Waals surface area contributed by atoms with Gasteiger partial charge in [-0.2, -0.15) is 0 Å². The Hall–Kier alpha value is -3.22. The van der Waals surface area contributed by atoms with E-state index < -0.39 is 73.0 Å². The van der Waals surface area contributed by atoms with E-state index in [1.165, 1.54) is 0 Å². The summed E-state index contributed by atoms with van der Waals surface area (Å²) >= 11 is 0. The molecule has 0 fully saturated rings. The second kappa shape index (κ2) is 9.82. The maximum absolute atomic E-state index is 12.0. The van der Waals surface area contributed by atoms with E-state index in [0.717, 1.165) is 0 Å². The minimum absolute atomic E-state index is 0.549. The molecule has 0 aliphatic heterocycles. The van der Waals surface area contributed by atoms with Crippen LogP contribution in [0.25, 0.3) is 0 Å². The number of amides is 4. The topological polar surface area (TPSA) is 245 Å². The number of carboxylic acids is 2. The SMILES string of the molecule is NC(=O)CC(N)C(=O)NC(CC(=O)O)C(=O)NC(CC(N)=O)C(=O)O. The second-order valence-electron chi connectivity index (χ2n) is 5.01. The molecule has 0 bridgehead atoms. The van der Waals surface area contributed by atoms with Gasteiger partial charge < -0.3 is 38.0 Å². The molecule has 0 spiro atoms. The highest BCUT2D eigenvalue weighted by atomic mass is 16.4. The van der Waals surface area contributed by atoms with Crippen LogP contribution >= 0.6 is 0 Å². The Morgan fingerprint density at radius 3 is 1.64 bits per heavy atom. The molecule has 0 saturated carbocycles. The Bertz CT molecular complexity index is 578. The molecule has 0 aliphatic carbocycles. The lowest BCUT2D eigenvalue weighted by atomic mass is 10.1. The van der Waals surface area contributed by atoms with Crippen molar-refractivity contribution in [2.24, 2.45) is 17.2 Å². The van der Waals surface area contributed by atoms with Gasteiger partial charge in [0.05, 0.1) is 25.3 Å². The lowest BCUT2D eigenvalue weighted by molar-refractivity contribution is -0.144. The van der Waals surface area contributed by atoms with E-state index in [2.05, 4.69) is 0 Å². The quantitative estimate of drug-likeness (QED) is 0.187. The van der Waals surface area contributed by atoms with Gasteiger partial charge in [-0.25, -0.2) is 4.79 Å². The van der Waals surface area contributed by atoms with Gasteiger partial charge in [-0.05, 0) is 0 Å². The predicted molar refractivity (Wildman–Crippen MR) is 79.3 cm³/mol. The van der Waals surface area contributed by atoms with E-state index >= 15 is 0 Å². The normalized spacial score (nSPS) is 13.8. The van der Waals surface area contributed by atoms with Crippen molar-refractivity contribution in [1.82, 2.24) is 10.6 Å². The fourth-order valence-electron chi connectivity index (χ4n) is 1.65. The van der Waals surface area contributed by atoms with E-state index in [1.54, 1.807) is 0 Å². The van der Waals surface area contributed by atoms with Crippen LogP contribution in [-0.2, 0) is 28.8 Å². The average Bonchev–Trinajstić information content (AvgIpc) is 2.43. The molecule has 0 saturated heterocycles. The summed E-state index contributed by atoms with van der Waals surface area (Å²) < 4.78 is 0. The Kier molecular flexibility index (Phi) is 8.55. The molecule has 4 amide bonds. The predicted octanol–water partition coefficient (Wildman–Crippen LogP) is -4.41. The van der Waals surface area contributed by atoms with Gasteiger partial charge in [-0.1, -0.05) is 0 Å². The summed E-state index contributed by atoms with van der Waals surface area (Å²) in [5.41, 5.74) is 15.1. The first kappa shape index (κ1) is 21.8. The number of aliphatic carboxylic acids is 2. The van der Waals surface area contributed by atoms with E-state index in [1.807, 2.05) is 10.6 Å². The zero-order valence-electron chi connectivity index (χ0n) is 12.9. The maximum Gasteiger partial charge on any atom is 0.326 e. The highest BCUT2D eigenvalue weighted by Crippen LogP contribution is 1.99. The van der Waals surface area contributed by atoms with Gasteiger partial charge in [-0.3, -0.25) is 24.0 Å². The monoisotopic (exact) mass is 361 g/mol. The third-order valence-electron chi connectivity index (χ3n) is 2.79. The molecule has 0 aromatic heterocycles. The van der Waals surface area contributed by atoms with E-state index in [9.17, 15) is 28.8 Å². The maximum atomic E-state index is 12.0. The molecule has 13 heteroatoms. The van der Waals surface area contributed by atoms with Crippen molar-refractivity contribution >= 4 is 35.6 Å². The minimum Gasteiger partial charge on any atom is -0.481 e. The summed E-state index contributed by atoms with van der Waals surface area (Å²) in [6, 6.07) is -4.83. The molecule has 0 aromatic carbocycles. The van der Waals surface area contributed by atoms with Crippen molar-refractivity contribution in [3.05, 3.63) is 0 Å². The van der Waals surface area contributed by atoms with Crippen molar-refractivity contribution in [1.29, 1.82) is 0 Å². The fraction of sp³-hybridized carbons (Fsp3) is 0.500. The molecule has 3 unspecified atom stereocenters. The zero-order valence-corrected chi connectivity index (χ0v) is 12.9. The molecule has 0 heterocycles. The van der Waals surface area contributed by atoms with Crippen molar-refractivity contribution in [3.8, 4) is 0 Å². The lowest BCUT2D eigenvalue weighted by Crippen LogP contribution is -2.55. The molecular formula is C12H19N5O8. The summed E-state index contributed by atoms with van der Waals surface area (Å²) in [6.07, 6.45) is -2.19. The van der Waals surface area contributed by atoms with Crippen LogP contribution in [0.2, 0.25) is 0 Å². The number of nitrogens with one attached hydrogen (secondary N) is 2. The number of carbonyl (C=O) groups excluding carboxylic acids is 4. The van der Waals surface area contributed by atoms with Crippen LogP contribution in [0, 0.1) is 0 Å². The van der Waals surface area contributed by atoms with Crippen LogP contribution in [0.5, 0.6) is 0 Å². The van der Waals surface area contributed by atoms with E-state index in [0.29, 0.717) is 0 Å². The van der Waals surface area contributed by atoms with Gasteiger partial charge in [0.25, 0.3) is 0 Å². The Balaban J connectivity index is 5.11. The summed E-state index contributed by atoms with van der Waals surface area (Å²) in [4.78, 5) is 67.1. The molecule has 0 rings (SSSR count). The van der Waals surface area contributed by atoms with Gasteiger partial charge in [0.15, 0.2) is 0 Å². The summed E-state index contributed by atoms with van der Waals surface area (Å²) in [6.45, 7) is 0. The highest BCUT2D eigenvalue weighted by Gasteiger charge is 2.30. The fourth-order valence-corrected chi connectivity index (χ4v) is 1.65. The van der Waals surface area contributed by atoms with E-state index in [-0.39, 0.29) is 0 Å². The molecule has 13 nitrogen and oxygen atoms in total. The van der Waals surface area contributed by atoms with Crippen molar-refractivity contribution in [2.45, 2.75) is 37.4 Å². The molecule has 10 N–H and O–H groups in total. The molecular weight excluding hydrogens is 342 g/mol. The molecule has 0 aromatic rings. The van der Waals surface area contributed by atoms with Crippen molar-refractivity contribution < 1.29 is 39.0 Å². The van der Waals surface area contributed by atoms with Crippen LogP contribution in [0.3, 0.4) is 0 Å². The number of nitrogens with two attached hydrogens (primary N) is 3. The van der Waals surface area contributed by atoms with Gasteiger partial charge in [-0.15, -0.1) is 0 Å². The number of primary amides is 2. The van der Waals surface area contributed by atoms with Crippen LogP contribution in [-0.4, -0.2) is 63.9 Å². The first-order valence-corrected chi connectivity index (χ1v) is 6.81. The molecule has 140 valence electrons. The molecule has 3 atom stereocenters. The van der Waals surface area contributed by atoms with Crippen LogP contribution in [0.4, 0.5) is 0 Å². The first-order valence-electron chi connectivity index (χ1n) is 6.81. The first-order chi connectivity index (χ1) is 11.4. The largest absolute Gasteiger partial charge is 0.481 e. The second-order valence-corrected chi connectivity index (χ2v) is 5.01. The summed E-state index contributed by atoms with van der Waals surface area (Å²) in [5.74, 6) is -7.20. The van der Waals surface area contributed by atoms with E-state index in [4.69, 9.17) is 27.4 Å². The van der Waals surface area contributed by atoms with Crippen molar-refractivity contribution in [3.63, 3.8) is 0 Å². The number of hydrogen-bond acceptors (Lipinski definition) is 7. The Morgan fingerprint density at radius 1 is 0.760 bits per heavy atom. The number of hydrogen-bond donors (Lipinski definition) is 7. The smallest absolute Gasteiger partial charge is 0.326 e. The molecule has 25 heavy (non-hydrogen) atoms. The Morgan fingerprint density at radius 2 is 1.24 bits per heavy atom.